The Morgan fingerprint density at radius 3 is 2.75 bits per heavy atom. The van der Waals surface area contributed by atoms with Crippen molar-refractivity contribution in [2.45, 2.75) is 6.92 Å². The number of carbonyl (C=O) groups excluding carboxylic acids is 1. The van der Waals surface area contributed by atoms with Gasteiger partial charge in [-0.25, -0.2) is 9.78 Å². The summed E-state index contributed by atoms with van der Waals surface area (Å²) in [7, 11) is 1.28. The first-order valence-electron chi connectivity index (χ1n) is 8.39. The van der Waals surface area contributed by atoms with Gasteiger partial charge < -0.3 is 4.74 Å². The molecule has 0 saturated heterocycles. The number of benzene rings is 1. The van der Waals surface area contributed by atoms with Gasteiger partial charge in [0.2, 0.25) is 0 Å². The fourth-order valence-corrected chi connectivity index (χ4v) is 4.03. The van der Waals surface area contributed by atoms with Gasteiger partial charge in [0.15, 0.2) is 10.4 Å². The summed E-state index contributed by atoms with van der Waals surface area (Å²) in [5, 5.41) is 2.06. The predicted octanol–water partition coefficient (Wildman–Crippen LogP) is 4.27. The van der Waals surface area contributed by atoms with E-state index in [9.17, 15) is 9.59 Å². The second-order valence-corrected chi connectivity index (χ2v) is 7.49. The summed E-state index contributed by atoms with van der Waals surface area (Å²) >= 11 is 6.92. The lowest BCUT2D eigenvalue weighted by atomic mass is 10.1. The highest BCUT2D eigenvalue weighted by Crippen LogP contribution is 2.28. The number of ether oxygens (including phenoxy) is 1. The number of methoxy groups -OCH3 is 1. The molecule has 0 aliphatic rings. The van der Waals surface area contributed by atoms with Gasteiger partial charge >= 0.3 is 5.97 Å². The minimum absolute atomic E-state index is 0.141. The number of carbonyl (C=O) groups is 1. The zero-order valence-electron chi connectivity index (χ0n) is 15.1. The Morgan fingerprint density at radius 1 is 1.25 bits per heavy atom. The van der Waals surface area contributed by atoms with E-state index in [1.165, 1.54) is 18.4 Å². The van der Waals surface area contributed by atoms with Crippen LogP contribution in [0.25, 0.3) is 27.3 Å². The van der Waals surface area contributed by atoms with Crippen molar-refractivity contribution in [2.75, 3.05) is 7.11 Å². The zero-order valence-corrected chi connectivity index (χ0v) is 16.7. The molecule has 0 radical (unpaired) electrons. The molecule has 0 saturated carbocycles. The maximum atomic E-state index is 12.7. The zero-order chi connectivity index (χ0) is 19.8. The first-order chi connectivity index (χ1) is 13.5. The maximum Gasteiger partial charge on any atom is 0.338 e. The van der Waals surface area contributed by atoms with Crippen LogP contribution < -0.4 is 5.56 Å². The van der Waals surface area contributed by atoms with Crippen molar-refractivity contribution in [3.63, 3.8) is 0 Å². The van der Waals surface area contributed by atoms with Gasteiger partial charge in [0.05, 0.1) is 34.3 Å². The summed E-state index contributed by atoms with van der Waals surface area (Å²) in [5.41, 5.74) is 2.33. The monoisotopic (exact) mass is 409 g/mol. The molecule has 3 heterocycles. The van der Waals surface area contributed by atoms with Crippen molar-refractivity contribution < 1.29 is 9.53 Å². The first kappa shape index (κ1) is 18.3. The second-order valence-electron chi connectivity index (χ2n) is 6.16. The third kappa shape index (κ3) is 3.06. The van der Waals surface area contributed by atoms with Gasteiger partial charge in [-0.05, 0) is 54.4 Å². The third-order valence-electron chi connectivity index (χ3n) is 4.30. The van der Waals surface area contributed by atoms with Gasteiger partial charge in [0, 0.05) is 0 Å². The quantitative estimate of drug-likeness (QED) is 0.404. The number of nitrogens with one attached hydrogen (secondary N) is 1. The molecule has 0 spiro atoms. The van der Waals surface area contributed by atoms with Crippen LogP contribution in [0.2, 0.25) is 0 Å². The molecule has 28 heavy (non-hydrogen) atoms. The van der Waals surface area contributed by atoms with Crippen molar-refractivity contribution in [3.05, 3.63) is 74.1 Å². The number of fused-ring (bicyclic) bond motifs is 1. The fraction of sp³-hybridized carbons (Fsp3) is 0.100. The van der Waals surface area contributed by atoms with E-state index >= 15 is 0 Å². The molecule has 0 aliphatic heterocycles. The molecule has 0 atom stereocenters. The van der Waals surface area contributed by atoms with Crippen molar-refractivity contribution >= 4 is 40.6 Å². The van der Waals surface area contributed by atoms with E-state index in [-0.39, 0.29) is 15.7 Å². The standard InChI is InChI=1S/C20H15N3O3S2/c1-11-5-3-6-12(9-11)23-17-16(18(24)22-20(23)27)13(19(25)26-2)10-14(21-17)15-7-4-8-28-15/h3-10H,1-2H3,(H,22,24,27). The van der Waals surface area contributed by atoms with Crippen LogP contribution in [0.15, 0.2) is 52.6 Å². The van der Waals surface area contributed by atoms with Gasteiger partial charge in [-0.3, -0.25) is 14.3 Å². The lowest BCUT2D eigenvalue weighted by Crippen LogP contribution is -2.19. The number of aromatic amines is 1. The highest BCUT2D eigenvalue weighted by atomic mass is 32.1. The van der Waals surface area contributed by atoms with Crippen LogP contribution in [0.4, 0.5) is 0 Å². The van der Waals surface area contributed by atoms with Gasteiger partial charge in [-0.2, -0.15) is 0 Å². The van der Waals surface area contributed by atoms with Crippen LogP contribution in [0.3, 0.4) is 0 Å². The number of aryl methyl sites for hydroxylation is 1. The highest BCUT2D eigenvalue weighted by Gasteiger charge is 2.20. The molecule has 0 fully saturated rings. The molecule has 6 nitrogen and oxygen atoms in total. The SMILES string of the molecule is COC(=O)c1cc(-c2cccs2)nc2c1c(=O)[nH]c(=S)n2-c1cccc(C)c1. The Hall–Kier alpha value is -3.10. The molecule has 1 aromatic carbocycles. The lowest BCUT2D eigenvalue weighted by Gasteiger charge is -2.14. The summed E-state index contributed by atoms with van der Waals surface area (Å²) < 4.78 is 6.79. The number of pyridine rings is 1. The van der Waals surface area contributed by atoms with Crippen LogP contribution in [-0.2, 0) is 4.74 Å². The van der Waals surface area contributed by atoms with Crippen molar-refractivity contribution in [3.8, 4) is 16.3 Å². The molecular formula is C20H15N3O3S2. The number of esters is 1. The molecule has 1 N–H and O–H groups in total. The summed E-state index contributed by atoms with van der Waals surface area (Å²) in [4.78, 5) is 33.4. The lowest BCUT2D eigenvalue weighted by molar-refractivity contribution is 0.0603. The molecule has 3 aromatic heterocycles. The fourth-order valence-electron chi connectivity index (χ4n) is 3.06. The van der Waals surface area contributed by atoms with Gasteiger partial charge in [0.25, 0.3) is 5.56 Å². The average Bonchev–Trinajstić information content (AvgIpc) is 3.21. The van der Waals surface area contributed by atoms with Gasteiger partial charge in [0.1, 0.15) is 0 Å². The van der Waals surface area contributed by atoms with Crippen LogP contribution in [-0.4, -0.2) is 27.6 Å². The molecule has 0 amide bonds. The smallest absolute Gasteiger partial charge is 0.338 e. The third-order valence-corrected chi connectivity index (χ3v) is 5.48. The maximum absolute atomic E-state index is 12.7. The minimum atomic E-state index is -0.608. The number of nitrogens with zero attached hydrogens (tertiary/aromatic N) is 2. The summed E-state index contributed by atoms with van der Waals surface area (Å²) in [6.45, 7) is 1.96. The van der Waals surface area contributed by atoms with E-state index in [2.05, 4.69) is 4.98 Å². The number of aromatic nitrogens is 3. The van der Waals surface area contributed by atoms with E-state index in [4.69, 9.17) is 21.9 Å². The van der Waals surface area contributed by atoms with E-state index in [1.54, 1.807) is 10.6 Å². The van der Waals surface area contributed by atoms with Crippen LogP contribution in [0.5, 0.6) is 0 Å². The van der Waals surface area contributed by atoms with Gasteiger partial charge in [-0.1, -0.05) is 18.2 Å². The molecule has 8 heteroatoms. The van der Waals surface area contributed by atoms with Crippen LogP contribution >= 0.6 is 23.6 Å². The molecule has 4 aromatic rings. The molecule has 0 bridgehead atoms. The normalized spacial score (nSPS) is 10.9. The summed E-state index contributed by atoms with van der Waals surface area (Å²) in [6.07, 6.45) is 0. The number of H-pyrrole nitrogens is 1. The summed E-state index contributed by atoms with van der Waals surface area (Å²) in [5.74, 6) is -0.608. The predicted molar refractivity (Wildman–Crippen MR) is 112 cm³/mol. The Kier molecular flexibility index (Phi) is 4.66. The van der Waals surface area contributed by atoms with Crippen molar-refractivity contribution in [1.29, 1.82) is 0 Å². The van der Waals surface area contributed by atoms with Crippen molar-refractivity contribution in [1.82, 2.24) is 14.5 Å². The first-order valence-corrected chi connectivity index (χ1v) is 9.67. The topological polar surface area (TPSA) is 77.0 Å². The summed E-state index contributed by atoms with van der Waals surface area (Å²) in [6, 6.07) is 13.0. The van der Waals surface area contributed by atoms with Crippen molar-refractivity contribution in [2.24, 2.45) is 0 Å². The van der Waals surface area contributed by atoms with E-state index in [0.717, 1.165) is 16.1 Å². The molecule has 0 aliphatic carbocycles. The van der Waals surface area contributed by atoms with E-state index < -0.39 is 11.5 Å². The Bertz CT molecular complexity index is 1320. The molecule has 0 unspecified atom stereocenters. The highest BCUT2D eigenvalue weighted by molar-refractivity contribution is 7.71. The van der Waals surface area contributed by atoms with E-state index in [0.29, 0.717) is 11.3 Å². The van der Waals surface area contributed by atoms with E-state index in [1.807, 2.05) is 48.7 Å². The Labute approximate surface area is 169 Å². The number of hydrogen-bond acceptors (Lipinski definition) is 6. The van der Waals surface area contributed by atoms with Crippen LogP contribution in [0.1, 0.15) is 15.9 Å². The average molecular weight is 409 g/mol. The second kappa shape index (κ2) is 7.14. The van der Waals surface area contributed by atoms with Gasteiger partial charge in [-0.15, -0.1) is 11.3 Å². The number of hydrogen-bond donors (Lipinski definition) is 1. The molecular weight excluding hydrogens is 394 g/mol. The number of rotatable bonds is 3. The number of thiophene rings is 1. The Balaban J connectivity index is 2.19. The Morgan fingerprint density at radius 2 is 2.07 bits per heavy atom. The largest absolute Gasteiger partial charge is 0.465 e. The molecule has 140 valence electrons. The minimum Gasteiger partial charge on any atom is -0.465 e. The van der Waals surface area contributed by atoms with Crippen LogP contribution in [0, 0.1) is 11.7 Å². The molecule has 4 rings (SSSR count).